The van der Waals surface area contributed by atoms with Gasteiger partial charge in [0.25, 0.3) is 0 Å². The summed E-state index contributed by atoms with van der Waals surface area (Å²) in [5.41, 5.74) is 1.11. The molecule has 0 bridgehead atoms. The van der Waals surface area contributed by atoms with Crippen LogP contribution < -0.4 is 0 Å². The molecule has 0 radical (unpaired) electrons. The second kappa shape index (κ2) is 5.87. The number of carbonyl (C=O) groups is 1. The van der Waals surface area contributed by atoms with Crippen molar-refractivity contribution in [2.45, 2.75) is 37.7 Å². The van der Waals surface area contributed by atoms with Crippen molar-refractivity contribution in [2.24, 2.45) is 0 Å². The highest BCUT2D eigenvalue weighted by Gasteiger charge is 2.33. The lowest BCUT2D eigenvalue weighted by atomic mass is 9.84. The van der Waals surface area contributed by atoms with Crippen LogP contribution in [0.5, 0.6) is 0 Å². The summed E-state index contributed by atoms with van der Waals surface area (Å²) in [6, 6.07) is 7.29. The van der Waals surface area contributed by atoms with Crippen LogP contribution in [0.15, 0.2) is 43.5 Å². The van der Waals surface area contributed by atoms with Crippen LogP contribution in [-0.4, -0.2) is 11.6 Å². The van der Waals surface area contributed by atoms with Crippen molar-refractivity contribution >= 4 is 12.0 Å². The van der Waals surface area contributed by atoms with E-state index in [0.29, 0.717) is 5.56 Å². The molecule has 2 heteroatoms. The fourth-order valence-electron chi connectivity index (χ4n) is 2.50. The molecule has 0 aliphatic heterocycles. The van der Waals surface area contributed by atoms with Gasteiger partial charge in [-0.1, -0.05) is 37.8 Å². The SMILES string of the molecule is C=Cc1ccc(C(=O)OC2(C=C)CCCCC2)cc1. The van der Waals surface area contributed by atoms with E-state index in [1.165, 1.54) is 6.42 Å². The van der Waals surface area contributed by atoms with Crippen molar-refractivity contribution in [2.75, 3.05) is 0 Å². The van der Waals surface area contributed by atoms with E-state index in [0.717, 1.165) is 31.2 Å². The Morgan fingerprint density at radius 2 is 1.74 bits per heavy atom. The third-order valence-corrected chi connectivity index (χ3v) is 3.75. The van der Waals surface area contributed by atoms with Crippen LogP contribution >= 0.6 is 0 Å². The van der Waals surface area contributed by atoms with E-state index in [-0.39, 0.29) is 5.97 Å². The average molecular weight is 256 g/mol. The zero-order chi connectivity index (χ0) is 13.7. The molecule has 19 heavy (non-hydrogen) atoms. The molecule has 2 rings (SSSR count). The minimum absolute atomic E-state index is 0.266. The van der Waals surface area contributed by atoms with Gasteiger partial charge in [-0.25, -0.2) is 4.79 Å². The van der Waals surface area contributed by atoms with Gasteiger partial charge in [0.15, 0.2) is 0 Å². The maximum atomic E-state index is 12.2. The molecule has 1 aliphatic carbocycles. The Hall–Kier alpha value is -1.83. The van der Waals surface area contributed by atoms with Gasteiger partial charge in [0.1, 0.15) is 5.60 Å². The average Bonchev–Trinajstić information content (AvgIpc) is 2.48. The van der Waals surface area contributed by atoms with E-state index >= 15 is 0 Å². The third kappa shape index (κ3) is 3.14. The van der Waals surface area contributed by atoms with Crippen molar-refractivity contribution < 1.29 is 9.53 Å². The van der Waals surface area contributed by atoms with Crippen molar-refractivity contribution in [3.05, 3.63) is 54.6 Å². The molecule has 0 N–H and O–H groups in total. The van der Waals surface area contributed by atoms with Gasteiger partial charge < -0.3 is 4.74 Å². The first kappa shape index (κ1) is 13.6. The number of esters is 1. The molecule has 0 heterocycles. The van der Waals surface area contributed by atoms with E-state index in [2.05, 4.69) is 13.2 Å². The highest BCUT2D eigenvalue weighted by Crippen LogP contribution is 2.33. The highest BCUT2D eigenvalue weighted by atomic mass is 16.6. The Kier molecular flexibility index (Phi) is 4.20. The molecule has 1 aliphatic rings. The summed E-state index contributed by atoms with van der Waals surface area (Å²) in [6.07, 6.45) is 8.70. The van der Waals surface area contributed by atoms with Crippen LogP contribution in [0.2, 0.25) is 0 Å². The first-order chi connectivity index (χ1) is 9.19. The van der Waals surface area contributed by atoms with Crippen LogP contribution in [0.25, 0.3) is 6.08 Å². The van der Waals surface area contributed by atoms with E-state index < -0.39 is 5.60 Å². The maximum Gasteiger partial charge on any atom is 0.338 e. The molecule has 0 atom stereocenters. The van der Waals surface area contributed by atoms with Crippen LogP contribution in [0.3, 0.4) is 0 Å². The first-order valence-electron chi connectivity index (χ1n) is 6.78. The van der Waals surface area contributed by atoms with E-state index in [9.17, 15) is 4.79 Å². The van der Waals surface area contributed by atoms with E-state index in [1.54, 1.807) is 24.3 Å². The van der Waals surface area contributed by atoms with Crippen LogP contribution in [0.1, 0.15) is 48.0 Å². The largest absolute Gasteiger partial charge is 0.451 e. The van der Waals surface area contributed by atoms with Gasteiger partial charge >= 0.3 is 5.97 Å². The maximum absolute atomic E-state index is 12.2. The Labute approximate surface area is 114 Å². The normalized spacial score (nSPS) is 17.5. The predicted octanol–water partition coefficient (Wildman–Crippen LogP) is 4.38. The number of carbonyl (C=O) groups excluding carboxylic acids is 1. The molecule has 2 nitrogen and oxygen atoms in total. The van der Waals surface area contributed by atoms with Crippen molar-refractivity contribution in [3.8, 4) is 0 Å². The monoisotopic (exact) mass is 256 g/mol. The summed E-state index contributed by atoms with van der Waals surface area (Å²) in [6.45, 7) is 7.53. The van der Waals surface area contributed by atoms with Gasteiger partial charge in [0.05, 0.1) is 5.56 Å². The zero-order valence-electron chi connectivity index (χ0n) is 11.2. The van der Waals surface area contributed by atoms with E-state index in [1.807, 2.05) is 12.1 Å². The number of rotatable bonds is 4. The molecule has 100 valence electrons. The van der Waals surface area contributed by atoms with Crippen LogP contribution in [-0.2, 0) is 4.74 Å². The molecular formula is C17H20O2. The molecular weight excluding hydrogens is 236 g/mol. The predicted molar refractivity (Wildman–Crippen MR) is 78.0 cm³/mol. The lowest BCUT2D eigenvalue weighted by Gasteiger charge is -2.33. The quantitative estimate of drug-likeness (QED) is 0.590. The highest BCUT2D eigenvalue weighted by molar-refractivity contribution is 5.90. The summed E-state index contributed by atoms with van der Waals surface area (Å²) in [7, 11) is 0. The minimum atomic E-state index is -0.466. The van der Waals surface area contributed by atoms with Crippen LogP contribution in [0, 0.1) is 0 Å². The molecule has 1 aromatic carbocycles. The van der Waals surface area contributed by atoms with Gasteiger partial charge in [0.2, 0.25) is 0 Å². The summed E-state index contributed by atoms with van der Waals surface area (Å²) in [4.78, 5) is 12.2. The van der Waals surface area contributed by atoms with Gasteiger partial charge in [-0.05, 0) is 49.5 Å². The topological polar surface area (TPSA) is 26.3 Å². The van der Waals surface area contributed by atoms with Crippen LogP contribution in [0.4, 0.5) is 0 Å². The first-order valence-corrected chi connectivity index (χ1v) is 6.78. The fraction of sp³-hybridized carbons (Fsp3) is 0.353. The summed E-state index contributed by atoms with van der Waals surface area (Å²) in [5, 5.41) is 0. The summed E-state index contributed by atoms with van der Waals surface area (Å²) >= 11 is 0. The summed E-state index contributed by atoms with van der Waals surface area (Å²) < 4.78 is 5.70. The fourth-order valence-corrected chi connectivity index (χ4v) is 2.50. The molecule has 1 aromatic rings. The molecule has 0 unspecified atom stereocenters. The van der Waals surface area contributed by atoms with Crippen molar-refractivity contribution in [1.29, 1.82) is 0 Å². The number of ether oxygens (including phenoxy) is 1. The minimum Gasteiger partial charge on any atom is -0.451 e. The molecule has 1 fully saturated rings. The second-order valence-electron chi connectivity index (χ2n) is 5.05. The summed E-state index contributed by atoms with van der Waals surface area (Å²) in [5.74, 6) is -0.266. The Balaban J connectivity index is 2.10. The standard InChI is InChI=1S/C17H20O2/c1-3-14-8-10-15(11-9-14)16(18)19-17(4-2)12-6-5-7-13-17/h3-4,8-11H,1-2,5-7,12-13H2. The Bertz CT molecular complexity index is 465. The number of hydrogen-bond donors (Lipinski definition) is 0. The molecule has 0 amide bonds. The van der Waals surface area contributed by atoms with Gasteiger partial charge in [0, 0.05) is 0 Å². The molecule has 0 aromatic heterocycles. The smallest absolute Gasteiger partial charge is 0.338 e. The Morgan fingerprint density at radius 3 is 2.26 bits per heavy atom. The van der Waals surface area contributed by atoms with Gasteiger partial charge in [-0.3, -0.25) is 0 Å². The third-order valence-electron chi connectivity index (χ3n) is 3.75. The number of hydrogen-bond acceptors (Lipinski definition) is 2. The van der Waals surface area contributed by atoms with E-state index in [4.69, 9.17) is 4.74 Å². The molecule has 0 saturated heterocycles. The van der Waals surface area contributed by atoms with Gasteiger partial charge in [-0.15, -0.1) is 0 Å². The lowest BCUT2D eigenvalue weighted by molar-refractivity contribution is -0.0112. The lowest BCUT2D eigenvalue weighted by Crippen LogP contribution is -2.35. The van der Waals surface area contributed by atoms with Gasteiger partial charge in [-0.2, -0.15) is 0 Å². The second-order valence-corrected chi connectivity index (χ2v) is 5.05. The Morgan fingerprint density at radius 1 is 1.11 bits per heavy atom. The zero-order valence-corrected chi connectivity index (χ0v) is 11.2. The van der Waals surface area contributed by atoms with Crippen molar-refractivity contribution in [1.82, 2.24) is 0 Å². The molecule has 0 spiro atoms. The van der Waals surface area contributed by atoms with Crippen molar-refractivity contribution in [3.63, 3.8) is 0 Å². The number of benzene rings is 1. The molecule has 1 saturated carbocycles.